The van der Waals surface area contributed by atoms with E-state index in [1.54, 1.807) is 24.5 Å². The Morgan fingerprint density at radius 1 is 0.767 bits per heavy atom. The van der Waals surface area contributed by atoms with Gasteiger partial charge in [0, 0.05) is 113 Å². The summed E-state index contributed by atoms with van der Waals surface area (Å²) >= 11 is 6.81. The van der Waals surface area contributed by atoms with Gasteiger partial charge in [-0.05, 0) is 113 Å². The molecule has 0 bridgehead atoms. The van der Waals surface area contributed by atoms with Gasteiger partial charge in [0.25, 0.3) is 0 Å². The number of halogens is 2. The predicted octanol–water partition coefficient (Wildman–Crippen LogP) is 7.58. The van der Waals surface area contributed by atoms with Gasteiger partial charge in [-0.1, -0.05) is 24.3 Å². The van der Waals surface area contributed by atoms with Gasteiger partial charge in [0.05, 0.1) is 29.9 Å². The molecular formula is C46H46Br2N6O6. The molecule has 0 spiro atoms. The first-order valence-corrected chi connectivity index (χ1v) is 22.0. The Bertz CT molecular complexity index is 2680. The fourth-order valence-corrected chi connectivity index (χ4v) is 12.0. The van der Waals surface area contributed by atoms with Gasteiger partial charge in [0.2, 0.25) is 0 Å². The Balaban J connectivity index is 0.982. The van der Waals surface area contributed by atoms with Crippen molar-refractivity contribution in [3.05, 3.63) is 122 Å². The van der Waals surface area contributed by atoms with E-state index < -0.39 is 11.2 Å². The number of piperidine rings is 2. The van der Waals surface area contributed by atoms with Crippen LogP contribution in [0.15, 0.2) is 88.5 Å². The van der Waals surface area contributed by atoms with E-state index in [4.69, 9.17) is 18.9 Å². The number of H-pyrrole nitrogens is 1. The Morgan fingerprint density at radius 2 is 1.32 bits per heavy atom. The molecule has 0 radical (unpaired) electrons. The fourth-order valence-electron chi connectivity index (χ4n) is 11.3. The number of aromatic amines is 1. The second-order valence-electron chi connectivity index (χ2n) is 17.0. The summed E-state index contributed by atoms with van der Waals surface area (Å²) in [6.45, 7) is 2.11. The summed E-state index contributed by atoms with van der Waals surface area (Å²) in [5, 5.41) is 2.42. The monoisotopic (exact) mass is 936 g/mol. The molecule has 2 aliphatic heterocycles. The summed E-state index contributed by atoms with van der Waals surface area (Å²) in [5.74, 6) is 0.431. The number of nitrogens with one attached hydrogen (secondary N) is 1. The number of pyridine rings is 2. The summed E-state index contributed by atoms with van der Waals surface area (Å²) in [5.41, 5.74) is 6.73. The van der Waals surface area contributed by atoms with Crippen LogP contribution in [0, 0.1) is 11.8 Å². The van der Waals surface area contributed by atoms with Gasteiger partial charge in [0.15, 0.2) is 0 Å². The summed E-state index contributed by atoms with van der Waals surface area (Å²) < 4.78 is 28.9. The van der Waals surface area contributed by atoms with E-state index in [1.165, 1.54) is 39.9 Å². The molecule has 14 heteroatoms. The lowest BCUT2D eigenvalue weighted by Crippen LogP contribution is -2.60. The van der Waals surface area contributed by atoms with Crippen LogP contribution in [0.2, 0.25) is 0 Å². The van der Waals surface area contributed by atoms with Crippen LogP contribution in [-0.4, -0.2) is 108 Å². The minimum Gasteiger partial charge on any atom is -0.462 e. The lowest BCUT2D eigenvalue weighted by Gasteiger charge is -2.53. The minimum absolute atomic E-state index is 0.0583. The van der Waals surface area contributed by atoms with E-state index >= 15 is 0 Å². The number of carbonyl (C=O) groups excluding carboxylic acids is 2. The number of likely N-dealkylation sites (N-methyl/N-ethyl adjacent to an activating group) is 2. The van der Waals surface area contributed by atoms with Crippen molar-refractivity contribution in [2.75, 3.05) is 54.6 Å². The molecule has 2 aliphatic carbocycles. The molecule has 0 amide bonds. The Kier molecular flexibility index (Phi) is 10.0. The van der Waals surface area contributed by atoms with Gasteiger partial charge in [-0.15, -0.1) is 0 Å². The smallest absolute Gasteiger partial charge is 0.339 e. The van der Waals surface area contributed by atoms with Gasteiger partial charge in [-0.3, -0.25) is 19.8 Å². The molecule has 2 saturated heterocycles. The van der Waals surface area contributed by atoms with Crippen LogP contribution in [0.5, 0.6) is 0 Å². The van der Waals surface area contributed by atoms with Crippen molar-refractivity contribution in [3.8, 4) is 5.82 Å². The molecule has 6 aromatic rings. The second-order valence-corrected chi connectivity index (χ2v) is 18.9. The van der Waals surface area contributed by atoms with Gasteiger partial charge >= 0.3 is 11.9 Å². The summed E-state index contributed by atoms with van der Waals surface area (Å²) in [7, 11) is 7.96. The van der Waals surface area contributed by atoms with E-state index in [-0.39, 0.29) is 49.1 Å². The van der Waals surface area contributed by atoms with Crippen molar-refractivity contribution >= 4 is 65.6 Å². The SMILES string of the molecule is CO[C@]12C[C@@H](COC(=O)c3cncc(Br)c3)CN(C)[C@@H]1Cc1c(-n3cc4c5c(cccc53)[C@@]3(OC)C[C@@H](COC(=O)c5cncc(Br)c5)CN(C)[C@@H]3C4)[nH]c3cccc2c13. The van der Waals surface area contributed by atoms with Crippen LogP contribution in [0.3, 0.4) is 0 Å². The number of fused-ring (bicyclic) bond motifs is 4. The van der Waals surface area contributed by atoms with Crippen molar-refractivity contribution in [3.63, 3.8) is 0 Å². The summed E-state index contributed by atoms with van der Waals surface area (Å²) in [6, 6.07) is 16.7. The fraction of sp³-hybridized carbons (Fsp3) is 0.391. The first-order chi connectivity index (χ1) is 29.0. The zero-order valence-electron chi connectivity index (χ0n) is 33.9. The molecule has 6 atom stereocenters. The molecular weight excluding hydrogens is 892 g/mol. The van der Waals surface area contributed by atoms with Crippen molar-refractivity contribution < 1.29 is 28.5 Å². The van der Waals surface area contributed by atoms with Crippen molar-refractivity contribution in [1.82, 2.24) is 29.3 Å². The number of aromatic nitrogens is 4. The van der Waals surface area contributed by atoms with E-state index in [2.05, 4.69) is 118 Å². The van der Waals surface area contributed by atoms with Crippen molar-refractivity contribution in [2.45, 2.75) is 49.0 Å². The number of nitrogens with zero attached hydrogens (tertiary/aromatic N) is 5. The van der Waals surface area contributed by atoms with Crippen LogP contribution in [0.25, 0.3) is 27.6 Å². The molecule has 1 N–H and O–H groups in total. The van der Waals surface area contributed by atoms with E-state index in [9.17, 15) is 9.59 Å². The largest absolute Gasteiger partial charge is 0.462 e. The number of hydrogen-bond donors (Lipinski definition) is 1. The molecule has 10 rings (SSSR count). The number of ether oxygens (including phenoxy) is 4. The highest BCUT2D eigenvalue weighted by Crippen LogP contribution is 2.53. The van der Waals surface area contributed by atoms with Crippen LogP contribution in [0.1, 0.15) is 55.8 Å². The average molecular weight is 939 g/mol. The van der Waals surface area contributed by atoms with E-state index in [1.807, 2.05) is 14.2 Å². The molecule has 2 aromatic carbocycles. The zero-order valence-corrected chi connectivity index (χ0v) is 37.1. The molecule has 2 fully saturated rings. The number of carbonyl (C=O) groups is 2. The van der Waals surface area contributed by atoms with Gasteiger partial charge in [-0.25, -0.2) is 9.59 Å². The first kappa shape index (κ1) is 39.7. The Morgan fingerprint density at radius 3 is 1.88 bits per heavy atom. The molecule has 12 nitrogen and oxygen atoms in total. The number of benzene rings is 2. The van der Waals surface area contributed by atoms with Crippen molar-refractivity contribution in [2.24, 2.45) is 11.8 Å². The highest BCUT2D eigenvalue weighted by atomic mass is 79.9. The molecule has 310 valence electrons. The normalized spacial score (nSPS) is 26.2. The third kappa shape index (κ3) is 6.27. The third-order valence-electron chi connectivity index (χ3n) is 13.7. The molecule has 0 unspecified atom stereocenters. The van der Waals surface area contributed by atoms with Gasteiger partial charge in [-0.2, -0.15) is 0 Å². The van der Waals surface area contributed by atoms with Crippen LogP contribution >= 0.6 is 31.9 Å². The van der Waals surface area contributed by atoms with Crippen LogP contribution in [0.4, 0.5) is 0 Å². The maximum atomic E-state index is 13.0. The van der Waals surface area contributed by atoms with Crippen LogP contribution in [-0.2, 0) is 43.0 Å². The standard InChI is InChI=1S/C46H46Br2N6O6/c1-52-21-26(24-59-43(55)28-11-31(47)19-49-17-28)15-45(57-3)34-8-6-10-37-40(34)30(13-38(45)52)23-54(37)42-33-14-39-46(58-4,35-7-5-9-36(51-42)41(33)35)16-27(22-53(39)2)25-60-44(56)29-12-32(48)20-50-18-29/h5-12,17-20,23,26-27,38-39,51H,13-16,21-22,24-25H2,1-4H3/t26-,27-,38-,39-,45+,46+/m1/s1. The Hall–Kier alpha value is -4.44. The number of rotatable bonds is 9. The third-order valence-corrected chi connectivity index (χ3v) is 14.6. The minimum atomic E-state index is -0.599. The number of methoxy groups -OCH3 is 2. The maximum absolute atomic E-state index is 13.0. The number of likely N-dealkylation sites (tertiary alicyclic amines) is 2. The summed E-state index contributed by atoms with van der Waals surface area (Å²) in [6.07, 6.45) is 11.7. The lowest BCUT2D eigenvalue weighted by molar-refractivity contribution is -0.131. The predicted molar refractivity (Wildman–Crippen MR) is 233 cm³/mol. The van der Waals surface area contributed by atoms with Crippen LogP contribution < -0.4 is 0 Å². The lowest BCUT2D eigenvalue weighted by atomic mass is 9.68. The molecule has 4 aliphatic rings. The quantitative estimate of drug-likeness (QED) is 0.145. The highest BCUT2D eigenvalue weighted by molar-refractivity contribution is 9.10. The topological polar surface area (TPSA) is 124 Å². The summed E-state index contributed by atoms with van der Waals surface area (Å²) in [4.78, 5) is 43.0. The molecule has 60 heavy (non-hydrogen) atoms. The zero-order chi connectivity index (χ0) is 41.5. The molecule has 4 aromatic heterocycles. The second kappa shape index (κ2) is 15.2. The first-order valence-electron chi connectivity index (χ1n) is 20.4. The maximum Gasteiger partial charge on any atom is 0.339 e. The number of esters is 2. The molecule has 6 heterocycles. The van der Waals surface area contributed by atoms with E-state index in [0.29, 0.717) is 11.1 Å². The average Bonchev–Trinajstić information content (AvgIpc) is 3.82. The van der Waals surface area contributed by atoms with Crippen molar-refractivity contribution in [1.29, 1.82) is 0 Å². The molecule has 0 saturated carbocycles. The van der Waals surface area contributed by atoms with Gasteiger partial charge < -0.3 is 28.5 Å². The van der Waals surface area contributed by atoms with E-state index in [0.717, 1.165) is 70.1 Å². The highest BCUT2D eigenvalue weighted by Gasteiger charge is 2.54. The Labute approximate surface area is 364 Å². The van der Waals surface area contributed by atoms with Gasteiger partial charge in [0.1, 0.15) is 17.0 Å². The number of hydrogen-bond acceptors (Lipinski definition) is 10.